The van der Waals surface area contributed by atoms with Crippen LogP contribution >= 0.6 is 12.2 Å². The predicted octanol–water partition coefficient (Wildman–Crippen LogP) is 4.35. The molecule has 0 spiro atoms. The number of thiocarbonyl (C=S) groups is 1. The minimum atomic E-state index is 0.683. The van der Waals surface area contributed by atoms with Crippen LogP contribution in [0.1, 0.15) is 44.1 Å². The quantitative estimate of drug-likeness (QED) is 0.774. The van der Waals surface area contributed by atoms with Crippen LogP contribution in [0.4, 0.5) is 5.69 Å². The van der Waals surface area contributed by atoms with Crippen LogP contribution < -0.4 is 5.32 Å². The summed E-state index contributed by atoms with van der Waals surface area (Å²) in [4.78, 5) is 2.46. The molecule has 108 valence electrons. The molecule has 1 heterocycles. The minimum absolute atomic E-state index is 0.683. The number of nitrogens with one attached hydrogen (secondary N) is 1. The molecule has 2 nitrogen and oxygen atoms in total. The Hall–Kier alpha value is -1.09. The molecule has 2 fully saturated rings. The molecule has 0 radical (unpaired) electrons. The van der Waals surface area contributed by atoms with Gasteiger partial charge in [0.05, 0.1) is 0 Å². The van der Waals surface area contributed by atoms with E-state index in [-0.39, 0.29) is 0 Å². The summed E-state index contributed by atoms with van der Waals surface area (Å²) in [6.07, 6.45) is 8.18. The van der Waals surface area contributed by atoms with Gasteiger partial charge in [0, 0.05) is 18.3 Å². The number of rotatable bonds is 1. The standard InChI is InChI=1S/C17H24N2S/c1-13-6-4-9-15(12-13)18-17(20)19-11-5-8-14-7-2-3-10-16(14)19/h4,6,9,12,14,16H,2-3,5,7-8,10-11H2,1H3,(H,18,20)/t14-,16+/m1/s1. The Morgan fingerprint density at radius 1 is 1.20 bits per heavy atom. The summed E-state index contributed by atoms with van der Waals surface area (Å²) in [5.41, 5.74) is 2.39. The van der Waals surface area contributed by atoms with E-state index in [9.17, 15) is 0 Å². The maximum atomic E-state index is 5.68. The molecule has 1 aromatic rings. The van der Waals surface area contributed by atoms with Gasteiger partial charge in [-0.25, -0.2) is 0 Å². The lowest BCUT2D eigenvalue weighted by Crippen LogP contribution is -2.51. The van der Waals surface area contributed by atoms with E-state index in [2.05, 4.69) is 41.4 Å². The average Bonchev–Trinajstić information content (AvgIpc) is 2.46. The van der Waals surface area contributed by atoms with Crippen molar-refractivity contribution in [1.82, 2.24) is 4.90 Å². The highest BCUT2D eigenvalue weighted by molar-refractivity contribution is 7.80. The van der Waals surface area contributed by atoms with Gasteiger partial charge in [0.1, 0.15) is 0 Å². The predicted molar refractivity (Wildman–Crippen MR) is 89.1 cm³/mol. The van der Waals surface area contributed by atoms with Crippen molar-refractivity contribution in [2.24, 2.45) is 5.92 Å². The summed E-state index contributed by atoms with van der Waals surface area (Å²) < 4.78 is 0. The summed E-state index contributed by atoms with van der Waals surface area (Å²) in [7, 11) is 0. The van der Waals surface area contributed by atoms with Gasteiger partial charge in [0.2, 0.25) is 0 Å². The van der Waals surface area contributed by atoms with E-state index in [0.717, 1.165) is 23.3 Å². The summed E-state index contributed by atoms with van der Waals surface area (Å²) >= 11 is 5.68. The average molecular weight is 288 g/mol. The Bertz CT molecular complexity index is 484. The van der Waals surface area contributed by atoms with E-state index >= 15 is 0 Å². The van der Waals surface area contributed by atoms with Crippen LogP contribution in [-0.2, 0) is 0 Å². The molecule has 2 aliphatic rings. The van der Waals surface area contributed by atoms with Crippen molar-refractivity contribution in [3.63, 3.8) is 0 Å². The van der Waals surface area contributed by atoms with E-state index in [1.165, 1.54) is 44.1 Å². The van der Waals surface area contributed by atoms with Crippen LogP contribution in [0.2, 0.25) is 0 Å². The topological polar surface area (TPSA) is 15.3 Å². The smallest absolute Gasteiger partial charge is 0.173 e. The molecule has 3 heteroatoms. The molecule has 3 rings (SSSR count). The molecular formula is C17H24N2S. The monoisotopic (exact) mass is 288 g/mol. The summed E-state index contributed by atoms with van der Waals surface area (Å²) in [5.74, 6) is 0.870. The number of likely N-dealkylation sites (tertiary alicyclic amines) is 1. The van der Waals surface area contributed by atoms with Crippen molar-refractivity contribution in [2.75, 3.05) is 11.9 Å². The molecular weight excluding hydrogens is 264 g/mol. The number of aryl methyl sites for hydroxylation is 1. The van der Waals surface area contributed by atoms with Crippen molar-refractivity contribution in [2.45, 2.75) is 51.5 Å². The summed E-state index contributed by atoms with van der Waals surface area (Å²) in [6.45, 7) is 3.24. The van der Waals surface area contributed by atoms with Crippen LogP contribution in [0.5, 0.6) is 0 Å². The molecule has 1 aliphatic carbocycles. The maximum absolute atomic E-state index is 5.68. The summed E-state index contributed by atoms with van der Waals surface area (Å²) in [5, 5.41) is 4.37. The first-order valence-electron chi connectivity index (χ1n) is 7.88. The zero-order valence-electron chi connectivity index (χ0n) is 12.3. The van der Waals surface area contributed by atoms with E-state index in [0.29, 0.717) is 6.04 Å². The van der Waals surface area contributed by atoms with Crippen molar-refractivity contribution in [1.29, 1.82) is 0 Å². The zero-order chi connectivity index (χ0) is 13.9. The maximum Gasteiger partial charge on any atom is 0.173 e. The van der Waals surface area contributed by atoms with Crippen LogP contribution in [0, 0.1) is 12.8 Å². The van der Waals surface area contributed by atoms with Crippen molar-refractivity contribution in [3.05, 3.63) is 29.8 Å². The molecule has 20 heavy (non-hydrogen) atoms. The molecule has 0 bridgehead atoms. The van der Waals surface area contributed by atoms with Gasteiger partial charge in [0.15, 0.2) is 5.11 Å². The molecule has 1 saturated carbocycles. The van der Waals surface area contributed by atoms with E-state index < -0.39 is 0 Å². The number of benzene rings is 1. The van der Waals surface area contributed by atoms with E-state index in [4.69, 9.17) is 12.2 Å². The molecule has 1 aliphatic heterocycles. The Morgan fingerprint density at radius 3 is 2.85 bits per heavy atom. The first-order chi connectivity index (χ1) is 9.74. The largest absolute Gasteiger partial charge is 0.346 e. The Morgan fingerprint density at radius 2 is 2.00 bits per heavy atom. The molecule has 1 N–H and O–H groups in total. The Kier molecular flexibility index (Phi) is 4.25. The third-order valence-corrected chi connectivity index (χ3v) is 5.11. The number of fused-ring (bicyclic) bond motifs is 1. The second kappa shape index (κ2) is 6.13. The SMILES string of the molecule is Cc1cccc(NC(=S)N2CCC[C@H]3CCCC[C@@H]32)c1. The van der Waals surface area contributed by atoms with Gasteiger partial charge < -0.3 is 10.2 Å². The molecule has 0 aromatic heterocycles. The Labute approximate surface area is 127 Å². The number of hydrogen-bond donors (Lipinski definition) is 1. The molecule has 1 saturated heterocycles. The van der Waals surface area contributed by atoms with Crippen LogP contribution in [0.15, 0.2) is 24.3 Å². The second-order valence-electron chi connectivity index (χ2n) is 6.25. The van der Waals surface area contributed by atoms with Crippen molar-refractivity contribution in [3.8, 4) is 0 Å². The van der Waals surface area contributed by atoms with Gasteiger partial charge in [0.25, 0.3) is 0 Å². The van der Waals surface area contributed by atoms with E-state index in [1.807, 2.05) is 0 Å². The normalized spacial score (nSPS) is 25.9. The highest BCUT2D eigenvalue weighted by Crippen LogP contribution is 2.35. The third-order valence-electron chi connectivity index (χ3n) is 4.77. The summed E-state index contributed by atoms with van der Waals surface area (Å²) in [6, 6.07) is 9.14. The second-order valence-corrected chi connectivity index (χ2v) is 6.63. The van der Waals surface area contributed by atoms with Gasteiger partial charge in [-0.3, -0.25) is 0 Å². The van der Waals surface area contributed by atoms with Crippen LogP contribution in [0.25, 0.3) is 0 Å². The molecule has 2 atom stereocenters. The zero-order valence-corrected chi connectivity index (χ0v) is 13.1. The lowest BCUT2D eigenvalue weighted by Gasteiger charge is -2.45. The first-order valence-corrected chi connectivity index (χ1v) is 8.29. The van der Waals surface area contributed by atoms with Crippen LogP contribution in [-0.4, -0.2) is 22.6 Å². The Balaban J connectivity index is 1.69. The third kappa shape index (κ3) is 2.98. The minimum Gasteiger partial charge on any atom is -0.346 e. The number of hydrogen-bond acceptors (Lipinski definition) is 1. The van der Waals surface area contributed by atoms with Gasteiger partial charge in [-0.1, -0.05) is 25.0 Å². The fourth-order valence-corrected chi connectivity index (χ4v) is 4.14. The van der Waals surface area contributed by atoms with E-state index in [1.54, 1.807) is 0 Å². The van der Waals surface area contributed by atoms with Gasteiger partial charge >= 0.3 is 0 Å². The van der Waals surface area contributed by atoms with Crippen molar-refractivity contribution < 1.29 is 0 Å². The molecule has 0 unspecified atom stereocenters. The fourth-order valence-electron chi connectivity index (χ4n) is 3.80. The number of anilines is 1. The van der Waals surface area contributed by atoms with Gasteiger partial charge in [-0.05, 0) is 68.4 Å². The molecule has 1 aromatic carbocycles. The highest BCUT2D eigenvalue weighted by Gasteiger charge is 2.34. The highest BCUT2D eigenvalue weighted by atomic mass is 32.1. The van der Waals surface area contributed by atoms with Gasteiger partial charge in [-0.2, -0.15) is 0 Å². The number of piperidine rings is 1. The van der Waals surface area contributed by atoms with Crippen molar-refractivity contribution >= 4 is 23.0 Å². The van der Waals surface area contributed by atoms with Crippen LogP contribution in [0.3, 0.4) is 0 Å². The van der Waals surface area contributed by atoms with Gasteiger partial charge in [-0.15, -0.1) is 0 Å². The number of nitrogens with zero attached hydrogens (tertiary/aromatic N) is 1. The molecule has 0 amide bonds. The lowest BCUT2D eigenvalue weighted by molar-refractivity contribution is 0.121. The lowest BCUT2D eigenvalue weighted by atomic mass is 9.78. The fraction of sp³-hybridized carbons (Fsp3) is 0.588. The first kappa shape index (κ1) is 13.9.